The van der Waals surface area contributed by atoms with Gasteiger partial charge < -0.3 is 15.0 Å². The van der Waals surface area contributed by atoms with Crippen LogP contribution in [-0.4, -0.2) is 44.7 Å². The molecule has 1 aromatic rings. The molecule has 1 aliphatic heterocycles. The molecule has 0 aromatic heterocycles. The average Bonchev–Trinajstić information content (AvgIpc) is 2.45. The Morgan fingerprint density at radius 2 is 2.26 bits per heavy atom. The van der Waals surface area contributed by atoms with Gasteiger partial charge in [-0.25, -0.2) is 0 Å². The number of nitrogens with one attached hydrogen (secondary N) is 1. The minimum Gasteiger partial charge on any atom is -0.496 e. The van der Waals surface area contributed by atoms with Crippen LogP contribution >= 0.6 is 0 Å². The number of ether oxygens (including phenoxy) is 1. The smallest absolute Gasteiger partial charge is 0.122 e. The van der Waals surface area contributed by atoms with Gasteiger partial charge in [-0.1, -0.05) is 19.1 Å². The molecule has 0 bridgehead atoms. The van der Waals surface area contributed by atoms with Crippen LogP contribution < -0.4 is 10.1 Å². The summed E-state index contributed by atoms with van der Waals surface area (Å²) in [7, 11) is 3.95. The van der Waals surface area contributed by atoms with Crippen LogP contribution in [0.2, 0.25) is 0 Å². The lowest BCUT2D eigenvalue weighted by Crippen LogP contribution is -2.49. The van der Waals surface area contributed by atoms with Gasteiger partial charge in [-0.2, -0.15) is 0 Å². The normalized spacial score (nSPS) is 20.5. The summed E-state index contributed by atoms with van der Waals surface area (Å²) in [5.74, 6) is 1.02. The van der Waals surface area contributed by atoms with Crippen molar-refractivity contribution in [2.75, 3.05) is 33.8 Å². The van der Waals surface area contributed by atoms with Crippen molar-refractivity contribution in [3.8, 4) is 5.75 Å². The highest BCUT2D eigenvalue weighted by molar-refractivity contribution is 5.37. The minimum absolute atomic E-state index is 0.630. The van der Waals surface area contributed by atoms with E-state index in [0.29, 0.717) is 6.04 Å². The van der Waals surface area contributed by atoms with E-state index in [4.69, 9.17) is 4.74 Å². The summed E-state index contributed by atoms with van der Waals surface area (Å²) in [4.78, 5) is 2.41. The molecule has 1 saturated heterocycles. The first kappa shape index (κ1) is 14.4. The van der Waals surface area contributed by atoms with E-state index in [9.17, 15) is 0 Å². The van der Waals surface area contributed by atoms with E-state index in [1.54, 1.807) is 7.11 Å². The minimum atomic E-state index is 0.630. The highest BCUT2D eigenvalue weighted by Gasteiger charge is 2.16. The van der Waals surface area contributed by atoms with Crippen LogP contribution in [0.4, 0.5) is 0 Å². The second-order valence-corrected chi connectivity index (χ2v) is 5.45. The molecule has 19 heavy (non-hydrogen) atoms. The Balaban J connectivity index is 1.92. The quantitative estimate of drug-likeness (QED) is 0.879. The van der Waals surface area contributed by atoms with Gasteiger partial charge in [0.1, 0.15) is 5.75 Å². The van der Waals surface area contributed by atoms with Crippen molar-refractivity contribution in [1.29, 1.82) is 0 Å². The van der Waals surface area contributed by atoms with Gasteiger partial charge in [-0.15, -0.1) is 0 Å². The van der Waals surface area contributed by atoms with Crippen LogP contribution in [0.3, 0.4) is 0 Å². The van der Waals surface area contributed by atoms with Gasteiger partial charge in [-0.05, 0) is 43.5 Å². The summed E-state index contributed by atoms with van der Waals surface area (Å²) in [5.41, 5.74) is 2.74. The third-order valence-corrected chi connectivity index (χ3v) is 3.97. The first-order valence-corrected chi connectivity index (χ1v) is 7.30. The van der Waals surface area contributed by atoms with E-state index in [-0.39, 0.29) is 0 Å². The van der Waals surface area contributed by atoms with Crippen molar-refractivity contribution in [3.05, 3.63) is 29.3 Å². The molecule has 0 spiro atoms. The molecule has 1 fully saturated rings. The van der Waals surface area contributed by atoms with E-state index in [1.807, 2.05) is 0 Å². The van der Waals surface area contributed by atoms with Crippen LogP contribution in [0.5, 0.6) is 5.75 Å². The SMILES string of the molecule is CCc1cc(CCC2CN(C)CCN2)ccc1OC. The summed E-state index contributed by atoms with van der Waals surface area (Å²) in [6.07, 6.45) is 3.38. The first-order chi connectivity index (χ1) is 9.22. The van der Waals surface area contributed by atoms with Crippen LogP contribution in [-0.2, 0) is 12.8 Å². The van der Waals surface area contributed by atoms with Gasteiger partial charge in [0.25, 0.3) is 0 Å². The molecule has 1 unspecified atom stereocenters. The second-order valence-electron chi connectivity index (χ2n) is 5.45. The third kappa shape index (κ3) is 3.95. The molecule has 0 aliphatic carbocycles. The molecule has 0 radical (unpaired) electrons. The number of nitrogens with zero attached hydrogens (tertiary/aromatic N) is 1. The maximum absolute atomic E-state index is 5.38. The number of hydrogen-bond acceptors (Lipinski definition) is 3. The summed E-state index contributed by atoms with van der Waals surface area (Å²) in [5, 5.41) is 3.60. The molecule has 1 heterocycles. The molecule has 1 aromatic carbocycles. The number of piperazine rings is 1. The van der Waals surface area contributed by atoms with E-state index in [0.717, 1.165) is 31.7 Å². The monoisotopic (exact) mass is 262 g/mol. The lowest BCUT2D eigenvalue weighted by molar-refractivity contribution is 0.232. The summed E-state index contributed by atoms with van der Waals surface area (Å²) >= 11 is 0. The van der Waals surface area contributed by atoms with Gasteiger partial charge in [0.05, 0.1) is 7.11 Å². The molecule has 1 aliphatic rings. The highest BCUT2D eigenvalue weighted by Crippen LogP contribution is 2.21. The van der Waals surface area contributed by atoms with Gasteiger partial charge in [0.15, 0.2) is 0 Å². The van der Waals surface area contributed by atoms with Crippen LogP contribution in [0, 0.1) is 0 Å². The molecule has 3 nitrogen and oxygen atoms in total. The zero-order chi connectivity index (χ0) is 13.7. The molecule has 106 valence electrons. The second kappa shape index (κ2) is 6.92. The number of aryl methyl sites for hydroxylation is 2. The molecule has 1 atom stereocenters. The Morgan fingerprint density at radius 3 is 2.95 bits per heavy atom. The predicted molar refractivity (Wildman–Crippen MR) is 80.0 cm³/mol. The van der Waals surface area contributed by atoms with Crippen molar-refractivity contribution in [2.45, 2.75) is 32.2 Å². The molecule has 1 N–H and O–H groups in total. The summed E-state index contributed by atoms with van der Waals surface area (Å²) in [6.45, 7) is 5.62. The molecular weight excluding hydrogens is 236 g/mol. The summed E-state index contributed by atoms with van der Waals surface area (Å²) in [6, 6.07) is 7.23. The highest BCUT2D eigenvalue weighted by atomic mass is 16.5. The number of rotatable bonds is 5. The predicted octanol–water partition coefficient (Wildman–Crippen LogP) is 2.09. The lowest BCUT2D eigenvalue weighted by atomic mass is 10.0. The fraction of sp³-hybridized carbons (Fsp3) is 0.625. The van der Waals surface area contributed by atoms with Crippen molar-refractivity contribution in [3.63, 3.8) is 0 Å². The molecule has 0 amide bonds. The Labute approximate surface area is 116 Å². The first-order valence-electron chi connectivity index (χ1n) is 7.30. The van der Waals surface area contributed by atoms with Crippen molar-refractivity contribution in [1.82, 2.24) is 10.2 Å². The summed E-state index contributed by atoms with van der Waals surface area (Å²) < 4.78 is 5.38. The van der Waals surface area contributed by atoms with Crippen molar-refractivity contribution in [2.24, 2.45) is 0 Å². The van der Waals surface area contributed by atoms with E-state index in [2.05, 4.69) is 42.4 Å². The maximum atomic E-state index is 5.38. The standard InChI is InChI=1S/C16H26N2O/c1-4-14-11-13(6-8-16(14)19-3)5-7-15-12-18(2)10-9-17-15/h6,8,11,15,17H,4-5,7,9-10,12H2,1-3H3. The average molecular weight is 262 g/mol. The third-order valence-electron chi connectivity index (χ3n) is 3.97. The van der Waals surface area contributed by atoms with Gasteiger partial charge >= 0.3 is 0 Å². The number of hydrogen-bond donors (Lipinski definition) is 1. The maximum Gasteiger partial charge on any atom is 0.122 e. The molecule has 0 saturated carbocycles. The fourth-order valence-electron chi connectivity index (χ4n) is 2.79. The zero-order valence-electron chi connectivity index (χ0n) is 12.4. The lowest BCUT2D eigenvalue weighted by Gasteiger charge is -2.31. The van der Waals surface area contributed by atoms with Crippen LogP contribution in [0.25, 0.3) is 0 Å². The number of methoxy groups -OCH3 is 1. The largest absolute Gasteiger partial charge is 0.496 e. The Kier molecular flexibility index (Phi) is 5.23. The van der Waals surface area contributed by atoms with Crippen molar-refractivity contribution >= 4 is 0 Å². The Hall–Kier alpha value is -1.06. The van der Waals surface area contributed by atoms with Gasteiger partial charge in [0, 0.05) is 25.7 Å². The van der Waals surface area contributed by atoms with Crippen LogP contribution in [0.1, 0.15) is 24.5 Å². The van der Waals surface area contributed by atoms with Crippen molar-refractivity contribution < 1.29 is 4.74 Å². The van der Waals surface area contributed by atoms with Gasteiger partial charge in [-0.3, -0.25) is 0 Å². The molecule has 3 heteroatoms. The Morgan fingerprint density at radius 1 is 1.42 bits per heavy atom. The number of benzene rings is 1. The number of likely N-dealkylation sites (N-methyl/N-ethyl adjacent to an activating group) is 1. The topological polar surface area (TPSA) is 24.5 Å². The zero-order valence-corrected chi connectivity index (χ0v) is 12.4. The van der Waals surface area contributed by atoms with Crippen LogP contribution in [0.15, 0.2) is 18.2 Å². The molecule has 2 rings (SSSR count). The van der Waals surface area contributed by atoms with E-state index >= 15 is 0 Å². The van der Waals surface area contributed by atoms with Gasteiger partial charge in [0.2, 0.25) is 0 Å². The fourth-order valence-corrected chi connectivity index (χ4v) is 2.79. The van der Waals surface area contributed by atoms with E-state index in [1.165, 1.54) is 24.1 Å². The van der Waals surface area contributed by atoms with E-state index < -0.39 is 0 Å². The Bertz CT molecular complexity index is 406. The molecular formula is C16H26N2O.